The van der Waals surface area contributed by atoms with E-state index in [1.807, 2.05) is 30.3 Å². The summed E-state index contributed by atoms with van der Waals surface area (Å²) in [5, 5.41) is 14.4. The second-order valence-electron chi connectivity index (χ2n) is 4.74. The molecular formula is C16H16N2O2. The number of methoxy groups -OCH3 is 1. The van der Waals surface area contributed by atoms with Crippen LogP contribution in [0.1, 0.15) is 23.6 Å². The van der Waals surface area contributed by atoms with Crippen LogP contribution in [0.25, 0.3) is 0 Å². The van der Waals surface area contributed by atoms with Crippen LogP contribution in [0.4, 0.5) is 0 Å². The molecule has 0 spiro atoms. The van der Waals surface area contributed by atoms with E-state index < -0.39 is 0 Å². The van der Waals surface area contributed by atoms with Gasteiger partial charge in [0.1, 0.15) is 11.5 Å². The summed E-state index contributed by atoms with van der Waals surface area (Å²) in [5.41, 5.74) is 5.92. The topological polar surface area (TPSA) is 53.8 Å². The lowest BCUT2D eigenvalue weighted by Crippen LogP contribution is -2.09. The van der Waals surface area contributed by atoms with Crippen LogP contribution in [0.15, 0.2) is 53.6 Å². The van der Waals surface area contributed by atoms with Crippen molar-refractivity contribution >= 4 is 5.71 Å². The zero-order chi connectivity index (χ0) is 13.9. The molecule has 0 saturated carbocycles. The average molecular weight is 268 g/mol. The van der Waals surface area contributed by atoms with Crippen LogP contribution in [0.3, 0.4) is 0 Å². The maximum atomic E-state index is 10.1. The summed E-state index contributed by atoms with van der Waals surface area (Å²) in [6.45, 7) is 0. The molecule has 0 bridgehead atoms. The van der Waals surface area contributed by atoms with Crippen LogP contribution in [-0.4, -0.2) is 17.9 Å². The van der Waals surface area contributed by atoms with Crippen LogP contribution in [0, 0.1) is 0 Å². The molecule has 1 aliphatic rings. The molecule has 2 aromatic carbocycles. The van der Waals surface area contributed by atoms with Gasteiger partial charge in [0.25, 0.3) is 0 Å². The summed E-state index contributed by atoms with van der Waals surface area (Å²) in [5.74, 6) is 0.830. The summed E-state index contributed by atoms with van der Waals surface area (Å²) in [7, 11) is 1.58. The number of phenols is 1. The lowest BCUT2D eigenvalue weighted by atomic mass is 9.98. The molecule has 4 nitrogen and oxygen atoms in total. The van der Waals surface area contributed by atoms with Crippen LogP contribution in [0.2, 0.25) is 0 Å². The largest absolute Gasteiger partial charge is 0.507 e. The maximum Gasteiger partial charge on any atom is 0.128 e. The first-order valence-electron chi connectivity index (χ1n) is 6.52. The maximum absolute atomic E-state index is 10.1. The number of ether oxygens (including phenoxy) is 1. The highest BCUT2D eigenvalue weighted by molar-refractivity contribution is 6.04. The van der Waals surface area contributed by atoms with Gasteiger partial charge in [-0.15, -0.1) is 0 Å². The zero-order valence-electron chi connectivity index (χ0n) is 11.2. The fourth-order valence-corrected chi connectivity index (χ4v) is 2.37. The van der Waals surface area contributed by atoms with Gasteiger partial charge in [-0.2, -0.15) is 5.10 Å². The fourth-order valence-electron chi connectivity index (χ4n) is 2.37. The molecule has 0 fully saturated rings. The summed E-state index contributed by atoms with van der Waals surface area (Å²) in [6, 6.07) is 15.6. The fraction of sp³-hybridized carbons (Fsp3) is 0.188. The number of aromatic hydroxyl groups is 1. The Morgan fingerprint density at radius 2 is 2.00 bits per heavy atom. The Bertz CT molecular complexity index is 638. The van der Waals surface area contributed by atoms with Crippen molar-refractivity contribution in [2.24, 2.45) is 5.10 Å². The molecule has 1 atom stereocenters. The molecule has 0 unspecified atom stereocenters. The second kappa shape index (κ2) is 5.25. The Morgan fingerprint density at radius 1 is 1.20 bits per heavy atom. The van der Waals surface area contributed by atoms with Crippen LogP contribution < -0.4 is 10.2 Å². The van der Waals surface area contributed by atoms with Gasteiger partial charge in [-0.25, -0.2) is 0 Å². The predicted octanol–water partition coefficient (Wildman–Crippen LogP) is 2.84. The summed E-state index contributed by atoms with van der Waals surface area (Å²) in [6.07, 6.45) is 0.754. The van der Waals surface area contributed by atoms with E-state index >= 15 is 0 Å². The molecule has 0 amide bonds. The quantitative estimate of drug-likeness (QED) is 0.900. The summed E-state index contributed by atoms with van der Waals surface area (Å²) >= 11 is 0. The van der Waals surface area contributed by atoms with Crippen LogP contribution in [-0.2, 0) is 0 Å². The Labute approximate surface area is 117 Å². The first kappa shape index (κ1) is 12.5. The lowest BCUT2D eigenvalue weighted by molar-refractivity contribution is 0.407. The molecule has 2 aromatic rings. The van der Waals surface area contributed by atoms with Gasteiger partial charge in [0.15, 0.2) is 0 Å². The molecular weight excluding hydrogens is 252 g/mol. The van der Waals surface area contributed by atoms with E-state index in [-0.39, 0.29) is 11.8 Å². The number of hydrogen-bond acceptors (Lipinski definition) is 4. The first-order chi connectivity index (χ1) is 9.78. The van der Waals surface area contributed by atoms with Gasteiger partial charge >= 0.3 is 0 Å². The van der Waals surface area contributed by atoms with Crippen molar-refractivity contribution in [3.63, 3.8) is 0 Å². The minimum atomic E-state index is 0.160. The monoisotopic (exact) mass is 268 g/mol. The van der Waals surface area contributed by atoms with Gasteiger partial charge in [0, 0.05) is 18.1 Å². The van der Waals surface area contributed by atoms with Gasteiger partial charge < -0.3 is 15.3 Å². The zero-order valence-corrected chi connectivity index (χ0v) is 11.2. The number of benzene rings is 2. The Morgan fingerprint density at radius 3 is 2.70 bits per heavy atom. The van der Waals surface area contributed by atoms with E-state index in [0.29, 0.717) is 5.75 Å². The predicted molar refractivity (Wildman–Crippen MR) is 78.1 cm³/mol. The number of phenolic OH excluding ortho intramolecular Hbond substituents is 1. The standard InChI is InChI=1S/C16H16N2O2/c1-20-12-7-8-13(16(19)9-12)15-10-14(17-18-15)11-5-3-2-4-6-11/h2-9,14,17,19H,10H2,1H3/t14-/m0/s1. The van der Waals surface area contributed by atoms with Gasteiger partial charge in [-0.1, -0.05) is 30.3 Å². The summed E-state index contributed by atoms with van der Waals surface area (Å²) < 4.78 is 5.09. The van der Waals surface area contributed by atoms with Crippen LogP contribution in [0.5, 0.6) is 11.5 Å². The van der Waals surface area contributed by atoms with Crippen molar-refractivity contribution in [3.05, 3.63) is 59.7 Å². The molecule has 0 radical (unpaired) electrons. The van der Waals surface area contributed by atoms with Crippen molar-refractivity contribution in [1.29, 1.82) is 0 Å². The van der Waals surface area contributed by atoms with Crippen molar-refractivity contribution in [1.82, 2.24) is 5.43 Å². The van der Waals surface area contributed by atoms with Crippen molar-refractivity contribution in [3.8, 4) is 11.5 Å². The van der Waals surface area contributed by atoms with Crippen molar-refractivity contribution in [2.45, 2.75) is 12.5 Å². The Hall–Kier alpha value is -2.49. The minimum absolute atomic E-state index is 0.160. The molecule has 102 valence electrons. The number of hydrazone groups is 1. The molecule has 3 rings (SSSR count). The van der Waals surface area contributed by atoms with E-state index in [1.165, 1.54) is 5.56 Å². The Kier molecular flexibility index (Phi) is 3.29. The molecule has 2 N–H and O–H groups in total. The highest BCUT2D eigenvalue weighted by Gasteiger charge is 2.22. The van der Waals surface area contributed by atoms with E-state index in [0.717, 1.165) is 17.7 Å². The third-order valence-electron chi connectivity index (χ3n) is 3.47. The van der Waals surface area contributed by atoms with Crippen LogP contribution >= 0.6 is 0 Å². The van der Waals surface area contributed by atoms with Crippen molar-refractivity contribution in [2.75, 3.05) is 7.11 Å². The molecule has 0 aliphatic carbocycles. The SMILES string of the molecule is COc1ccc(C2=NN[C@H](c3ccccc3)C2)c(O)c1. The molecule has 20 heavy (non-hydrogen) atoms. The van der Waals surface area contributed by atoms with E-state index in [2.05, 4.69) is 22.7 Å². The third-order valence-corrected chi connectivity index (χ3v) is 3.47. The van der Waals surface area contributed by atoms with Gasteiger partial charge in [0.05, 0.1) is 18.9 Å². The summed E-state index contributed by atoms with van der Waals surface area (Å²) in [4.78, 5) is 0. The molecule has 0 saturated heterocycles. The number of nitrogens with zero attached hydrogens (tertiary/aromatic N) is 1. The van der Waals surface area contributed by atoms with E-state index in [4.69, 9.17) is 4.74 Å². The first-order valence-corrected chi connectivity index (χ1v) is 6.52. The smallest absolute Gasteiger partial charge is 0.128 e. The third kappa shape index (κ3) is 2.32. The van der Waals surface area contributed by atoms with Gasteiger partial charge in [-0.05, 0) is 17.7 Å². The van der Waals surface area contributed by atoms with E-state index in [9.17, 15) is 5.11 Å². The lowest BCUT2D eigenvalue weighted by Gasteiger charge is -2.10. The highest BCUT2D eigenvalue weighted by atomic mass is 16.5. The minimum Gasteiger partial charge on any atom is -0.507 e. The number of rotatable bonds is 3. The molecule has 0 aromatic heterocycles. The second-order valence-corrected chi connectivity index (χ2v) is 4.74. The average Bonchev–Trinajstić information content (AvgIpc) is 2.97. The van der Waals surface area contributed by atoms with Gasteiger partial charge in [0.2, 0.25) is 0 Å². The highest BCUT2D eigenvalue weighted by Crippen LogP contribution is 2.30. The van der Waals surface area contributed by atoms with Gasteiger partial charge in [-0.3, -0.25) is 0 Å². The normalized spacial score (nSPS) is 17.4. The van der Waals surface area contributed by atoms with Crippen molar-refractivity contribution < 1.29 is 9.84 Å². The van der Waals surface area contributed by atoms with E-state index in [1.54, 1.807) is 13.2 Å². The number of hydrogen-bond donors (Lipinski definition) is 2. The number of nitrogens with one attached hydrogen (secondary N) is 1. The molecule has 1 aliphatic heterocycles. The molecule has 4 heteroatoms. The Balaban J connectivity index is 1.80. The molecule has 1 heterocycles.